The molecule has 1 fully saturated rings. The number of nitrogens with one attached hydrogen (secondary N) is 2. The first kappa shape index (κ1) is 16.8. The number of hydrogen-bond acceptors (Lipinski definition) is 4. The molecule has 22 heavy (non-hydrogen) atoms. The maximum Gasteiger partial charge on any atom is 0.139 e. The topological polar surface area (TPSA) is 39.7 Å². The van der Waals surface area contributed by atoms with Crippen molar-refractivity contribution in [2.45, 2.75) is 40.5 Å². The van der Waals surface area contributed by atoms with E-state index in [1.807, 2.05) is 6.20 Å². The van der Waals surface area contributed by atoms with Crippen molar-refractivity contribution in [2.75, 3.05) is 26.2 Å². The van der Waals surface area contributed by atoms with Gasteiger partial charge < -0.3 is 15.5 Å². The van der Waals surface area contributed by atoms with E-state index < -0.39 is 0 Å². The van der Waals surface area contributed by atoms with Crippen molar-refractivity contribution in [2.24, 2.45) is 10.9 Å². The Hall–Kier alpha value is -1.55. The summed E-state index contributed by atoms with van der Waals surface area (Å²) in [5.41, 5.74) is 4.02. The molecule has 2 N–H and O–H groups in total. The molecule has 2 aliphatic rings. The molecule has 0 saturated carbocycles. The Kier molecular flexibility index (Phi) is 6.25. The third-order valence-electron chi connectivity index (χ3n) is 4.53. The molecule has 0 aromatic heterocycles. The highest BCUT2D eigenvalue weighted by Crippen LogP contribution is 2.31. The van der Waals surface area contributed by atoms with Crippen LogP contribution in [0.25, 0.3) is 0 Å². The SMILES string of the molecule is CC/C=C/NC1=NC=C(C(C)CC)/C1=C(/C)N1CCNCC1. The summed E-state index contributed by atoms with van der Waals surface area (Å²) in [7, 11) is 0. The fraction of sp³-hybridized carbons (Fsp3) is 0.611. The summed E-state index contributed by atoms with van der Waals surface area (Å²) in [6, 6.07) is 0. The number of nitrogens with zero attached hydrogens (tertiary/aromatic N) is 2. The Morgan fingerprint density at radius 1 is 1.41 bits per heavy atom. The Balaban J connectivity index is 2.27. The number of allylic oxidation sites excluding steroid dienone is 2. The molecule has 0 aromatic carbocycles. The van der Waals surface area contributed by atoms with Crippen LogP contribution in [0.5, 0.6) is 0 Å². The molecule has 1 atom stereocenters. The lowest BCUT2D eigenvalue weighted by Crippen LogP contribution is -2.43. The minimum atomic E-state index is 0.533. The zero-order valence-corrected chi connectivity index (χ0v) is 14.4. The van der Waals surface area contributed by atoms with Gasteiger partial charge in [-0.2, -0.15) is 0 Å². The Labute approximate surface area is 135 Å². The minimum absolute atomic E-state index is 0.533. The number of aliphatic imine (C=N–C) groups is 1. The fourth-order valence-electron chi connectivity index (χ4n) is 2.90. The monoisotopic (exact) mass is 302 g/mol. The molecule has 122 valence electrons. The van der Waals surface area contributed by atoms with Gasteiger partial charge in [-0.15, -0.1) is 0 Å². The lowest BCUT2D eigenvalue weighted by molar-refractivity contribution is 0.298. The lowest BCUT2D eigenvalue weighted by Gasteiger charge is -2.32. The van der Waals surface area contributed by atoms with Crippen molar-refractivity contribution in [1.29, 1.82) is 0 Å². The van der Waals surface area contributed by atoms with Gasteiger partial charge in [-0.3, -0.25) is 0 Å². The van der Waals surface area contributed by atoms with Gasteiger partial charge in [0.05, 0.1) is 0 Å². The van der Waals surface area contributed by atoms with Crippen LogP contribution in [0.1, 0.15) is 40.5 Å². The van der Waals surface area contributed by atoms with E-state index in [9.17, 15) is 0 Å². The molecule has 1 unspecified atom stereocenters. The van der Waals surface area contributed by atoms with Crippen molar-refractivity contribution < 1.29 is 0 Å². The largest absolute Gasteiger partial charge is 0.372 e. The van der Waals surface area contributed by atoms with Crippen LogP contribution >= 0.6 is 0 Å². The fourth-order valence-corrected chi connectivity index (χ4v) is 2.90. The Morgan fingerprint density at radius 3 is 2.77 bits per heavy atom. The van der Waals surface area contributed by atoms with Gasteiger partial charge in [-0.1, -0.05) is 26.8 Å². The third kappa shape index (κ3) is 3.80. The van der Waals surface area contributed by atoms with Crippen LogP contribution < -0.4 is 10.6 Å². The van der Waals surface area contributed by atoms with E-state index in [2.05, 4.69) is 60.5 Å². The van der Waals surface area contributed by atoms with Gasteiger partial charge in [0, 0.05) is 43.6 Å². The van der Waals surface area contributed by atoms with Gasteiger partial charge in [0.25, 0.3) is 0 Å². The van der Waals surface area contributed by atoms with E-state index in [4.69, 9.17) is 0 Å². The van der Waals surface area contributed by atoms with Gasteiger partial charge in [0.2, 0.25) is 0 Å². The average Bonchev–Trinajstić information content (AvgIpc) is 2.98. The molecule has 1 saturated heterocycles. The Morgan fingerprint density at radius 2 is 2.14 bits per heavy atom. The second-order valence-electron chi connectivity index (χ2n) is 6.02. The molecular formula is C18H30N4. The molecule has 2 heterocycles. The van der Waals surface area contributed by atoms with E-state index in [-0.39, 0.29) is 0 Å². The first-order valence-electron chi connectivity index (χ1n) is 8.55. The molecule has 4 nitrogen and oxygen atoms in total. The van der Waals surface area contributed by atoms with Gasteiger partial charge >= 0.3 is 0 Å². The van der Waals surface area contributed by atoms with Gasteiger partial charge in [0.1, 0.15) is 5.84 Å². The molecule has 4 heteroatoms. The molecule has 0 aliphatic carbocycles. The van der Waals surface area contributed by atoms with Crippen LogP contribution in [0.2, 0.25) is 0 Å². The quantitative estimate of drug-likeness (QED) is 0.820. The van der Waals surface area contributed by atoms with Crippen LogP contribution in [-0.2, 0) is 0 Å². The zero-order chi connectivity index (χ0) is 15.9. The number of rotatable bonds is 5. The predicted octanol–water partition coefficient (Wildman–Crippen LogP) is 3.02. The molecule has 0 spiro atoms. The van der Waals surface area contributed by atoms with Crippen molar-refractivity contribution in [3.8, 4) is 0 Å². The highest BCUT2D eigenvalue weighted by Gasteiger charge is 2.25. The summed E-state index contributed by atoms with van der Waals surface area (Å²) in [6.45, 7) is 13.2. The Bertz CT molecular complexity index is 493. The second-order valence-corrected chi connectivity index (χ2v) is 6.02. The smallest absolute Gasteiger partial charge is 0.139 e. The normalized spacial score (nSPS) is 22.6. The number of piperazine rings is 1. The third-order valence-corrected chi connectivity index (χ3v) is 4.53. The van der Waals surface area contributed by atoms with Crippen LogP contribution in [0.4, 0.5) is 0 Å². The standard InChI is InChI=1S/C18H30N4/c1-5-7-8-20-18-17(16(13-21-18)14(3)6-2)15(4)22-11-9-19-10-12-22/h7-8,13-14,19H,5-6,9-12H2,1-4H3,(H,20,21)/b8-7+,17-15+. The van der Waals surface area contributed by atoms with Crippen molar-refractivity contribution in [3.05, 3.63) is 35.3 Å². The van der Waals surface area contributed by atoms with E-state index >= 15 is 0 Å². The molecule has 2 rings (SSSR count). The highest BCUT2D eigenvalue weighted by atomic mass is 15.2. The van der Waals surface area contributed by atoms with Crippen molar-refractivity contribution in [3.63, 3.8) is 0 Å². The van der Waals surface area contributed by atoms with Crippen LogP contribution in [-0.4, -0.2) is 36.9 Å². The average molecular weight is 302 g/mol. The summed E-state index contributed by atoms with van der Waals surface area (Å²) in [5, 5.41) is 6.80. The molecule has 0 radical (unpaired) electrons. The maximum absolute atomic E-state index is 4.65. The summed E-state index contributed by atoms with van der Waals surface area (Å²) < 4.78 is 0. The van der Waals surface area contributed by atoms with Crippen molar-refractivity contribution in [1.82, 2.24) is 15.5 Å². The molecule has 0 aromatic rings. The maximum atomic E-state index is 4.65. The van der Waals surface area contributed by atoms with Crippen LogP contribution in [0, 0.1) is 5.92 Å². The predicted molar refractivity (Wildman–Crippen MR) is 94.7 cm³/mol. The van der Waals surface area contributed by atoms with E-state index in [0.29, 0.717) is 5.92 Å². The van der Waals surface area contributed by atoms with Crippen LogP contribution in [0.15, 0.2) is 40.3 Å². The summed E-state index contributed by atoms with van der Waals surface area (Å²) in [4.78, 5) is 7.13. The molecule has 0 amide bonds. The van der Waals surface area contributed by atoms with E-state index in [1.165, 1.54) is 16.8 Å². The van der Waals surface area contributed by atoms with Gasteiger partial charge in [-0.05, 0) is 37.5 Å². The first-order valence-corrected chi connectivity index (χ1v) is 8.55. The lowest BCUT2D eigenvalue weighted by atomic mass is 9.91. The van der Waals surface area contributed by atoms with Crippen molar-refractivity contribution >= 4 is 5.84 Å². The van der Waals surface area contributed by atoms with Gasteiger partial charge in [-0.25, -0.2) is 4.99 Å². The summed E-state index contributed by atoms with van der Waals surface area (Å²) in [6.07, 6.45) is 8.36. The first-order chi connectivity index (χ1) is 10.7. The number of hydrogen-bond donors (Lipinski definition) is 2. The number of amidine groups is 1. The molecule has 2 aliphatic heterocycles. The highest BCUT2D eigenvalue weighted by molar-refractivity contribution is 6.05. The molecular weight excluding hydrogens is 272 g/mol. The van der Waals surface area contributed by atoms with Crippen LogP contribution in [0.3, 0.4) is 0 Å². The second kappa shape index (κ2) is 8.18. The van der Waals surface area contributed by atoms with E-state index in [0.717, 1.165) is 44.9 Å². The zero-order valence-electron chi connectivity index (χ0n) is 14.4. The van der Waals surface area contributed by atoms with Gasteiger partial charge in [0.15, 0.2) is 0 Å². The summed E-state index contributed by atoms with van der Waals surface area (Å²) in [5.74, 6) is 1.53. The summed E-state index contributed by atoms with van der Waals surface area (Å²) >= 11 is 0. The van der Waals surface area contributed by atoms with E-state index in [1.54, 1.807) is 0 Å². The molecule has 0 bridgehead atoms. The minimum Gasteiger partial charge on any atom is -0.372 e.